The van der Waals surface area contributed by atoms with Crippen LogP contribution in [-0.2, 0) is 9.84 Å². The van der Waals surface area contributed by atoms with Gasteiger partial charge in [-0.15, -0.1) is 0 Å². The maximum atomic E-state index is 13.4. The van der Waals surface area contributed by atoms with Gasteiger partial charge in [0.05, 0.1) is 34.2 Å². The van der Waals surface area contributed by atoms with Crippen LogP contribution < -0.4 is 5.32 Å². The number of benzene rings is 1. The molecule has 162 valence electrons. The predicted molar refractivity (Wildman–Crippen MR) is 120 cm³/mol. The summed E-state index contributed by atoms with van der Waals surface area (Å²) in [5, 5.41) is 8.39. The first-order chi connectivity index (χ1) is 14.7. The lowest BCUT2D eigenvalue weighted by atomic mass is 10.1. The minimum absolute atomic E-state index is 0.0721. The number of nitrogens with one attached hydrogen (secondary N) is 1. The van der Waals surface area contributed by atoms with Gasteiger partial charge in [-0.3, -0.25) is 4.79 Å². The fourth-order valence-electron chi connectivity index (χ4n) is 4.57. The molecule has 1 amide bonds. The predicted octanol–water partition coefficient (Wildman–Crippen LogP) is 3.85. The lowest BCUT2D eigenvalue weighted by Crippen LogP contribution is -2.15. The number of carbonyl (C=O) groups is 1. The van der Waals surface area contributed by atoms with Crippen LogP contribution in [0, 0.1) is 20.8 Å². The molecule has 1 aliphatic carbocycles. The smallest absolute Gasteiger partial charge is 0.256 e. The summed E-state index contributed by atoms with van der Waals surface area (Å²) in [7, 11) is -3.06. The first kappa shape index (κ1) is 20.2. The second kappa shape index (κ2) is 7.15. The van der Waals surface area contributed by atoms with Gasteiger partial charge < -0.3 is 5.32 Å². The van der Waals surface area contributed by atoms with Crippen molar-refractivity contribution in [1.29, 1.82) is 0 Å². The van der Waals surface area contributed by atoms with Crippen LogP contribution in [0.25, 0.3) is 11.0 Å². The van der Waals surface area contributed by atoms with Gasteiger partial charge in [-0.1, -0.05) is 6.07 Å². The molecule has 2 aliphatic rings. The Morgan fingerprint density at radius 1 is 1.06 bits per heavy atom. The van der Waals surface area contributed by atoms with Crippen LogP contribution in [0.3, 0.4) is 0 Å². The molecule has 3 heterocycles. The zero-order valence-electron chi connectivity index (χ0n) is 18.0. The average Bonchev–Trinajstić information content (AvgIpc) is 3.40. The quantitative estimate of drug-likeness (QED) is 0.668. The minimum Gasteiger partial charge on any atom is -0.322 e. The summed E-state index contributed by atoms with van der Waals surface area (Å²) in [6.07, 6.45) is 2.64. The van der Waals surface area contributed by atoms with Crippen LogP contribution in [0.4, 0.5) is 5.69 Å². The first-order valence-corrected chi connectivity index (χ1v) is 12.5. The largest absolute Gasteiger partial charge is 0.322 e. The number of amides is 1. The van der Waals surface area contributed by atoms with E-state index >= 15 is 0 Å². The molecular weight excluding hydrogens is 412 g/mol. The highest BCUT2D eigenvalue weighted by atomic mass is 32.2. The van der Waals surface area contributed by atoms with E-state index in [4.69, 9.17) is 4.98 Å². The summed E-state index contributed by atoms with van der Waals surface area (Å²) in [5.41, 5.74) is 5.68. The molecule has 1 N–H and O–H groups in total. The van der Waals surface area contributed by atoms with Crippen LogP contribution in [-0.4, -0.2) is 40.6 Å². The third-order valence-corrected chi connectivity index (χ3v) is 7.88. The van der Waals surface area contributed by atoms with Gasteiger partial charge in [-0.25, -0.2) is 18.1 Å². The lowest BCUT2D eigenvalue weighted by molar-refractivity contribution is 0.102. The van der Waals surface area contributed by atoms with E-state index in [9.17, 15) is 13.2 Å². The Hall–Kier alpha value is -2.74. The molecule has 0 radical (unpaired) electrons. The molecule has 0 unspecified atom stereocenters. The molecule has 1 aliphatic heterocycles. The third-order valence-electron chi connectivity index (χ3n) is 6.13. The Morgan fingerprint density at radius 2 is 1.77 bits per heavy atom. The number of rotatable bonds is 4. The van der Waals surface area contributed by atoms with Gasteiger partial charge in [0.2, 0.25) is 0 Å². The normalized spacial score (nSPS) is 20.3. The minimum atomic E-state index is -3.06. The van der Waals surface area contributed by atoms with E-state index in [2.05, 4.69) is 16.5 Å². The molecule has 0 spiro atoms. The van der Waals surface area contributed by atoms with E-state index in [1.165, 1.54) is 0 Å². The Bertz CT molecular complexity index is 1300. The summed E-state index contributed by atoms with van der Waals surface area (Å²) in [6, 6.07) is 7.62. The van der Waals surface area contributed by atoms with Gasteiger partial charge in [-0.2, -0.15) is 5.10 Å². The van der Waals surface area contributed by atoms with Crippen molar-refractivity contribution in [2.45, 2.75) is 52.0 Å². The second-order valence-electron chi connectivity index (χ2n) is 8.98. The molecule has 1 saturated heterocycles. The van der Waals surface area contributed by atoms with Crippen molar-refractivity contribution in [3.8, 4) is 0 Å². The fraction of sp³-hybridized carbons (Fsp3) is 0.435. The number of anilines is 1. The number of carbonyl (C=O) groups excluding carboxylic acids is 1. The summed E-state index contributed by atoms with van der Waals surface area (Å²) >= 11 is 0. The highest BCUT2D eigenvalue weighted by molar-refractivity contribution is 7.91. The number of aryl methyl sites for hydroxylation is 3. The topological polar surface area (TPSA) is 93.9 Å². The van der Waals surface area contributed by atoms with E-state index in [0.29, 0.717) is 34.6 Å². The Balaban J connectivity index is 1.61. The van der Waals surface area contributed by atoms with Crippen molar-refractivity contribution < 1.29 is 13.2 Å². The van der Waals surface area contributed by atoms with Gasteiger partial charge >= 0.3 is 0 Å². The summed E-state index contributed by atoms with van der Waals surface area (Å²) in [4.78, 5) is 18.2. The first-order valence-electron chi connectivity index (χ1n) is 10.7. The van der Waals surface area contributed by atoms with Gasteiger partial charge in [0.25, 0.3) is 5.91 Å². The summed E-state index contributed by atoms with van der Waals surface area (Å²) < 4.78 is 25.8. The van der Waals surface area contributed by atoms with Crippen LogP contribution >= 0.6 is 0 Å². The second-order valence-corrected chi connectivity index (χ2v) is 11.2. The SMILES string of the molecule is Cc1cc(C)cc(NC(=O)c2cc(C3CC3)nc3c2c(C)nn3[C@@H]2CCS(=O)(=O)C2)c1. The summed E-state index contributed by atoms with van der Waals surface area (Å²) in [5.74, 6) is 0.400. The highest BCUT2D eigenvalue weighted by Gasteiger charge is 2.34. The molecule has 1 atom stereocenters. The zero-order valence-corrected chi connectivity index (χ0v) is 18.8. The number of pyridine rings is 1. The molecule has 5 rings (SSSR count). The van der Waals surface area contributed by atoms with Crippen molar-refractivity contribution in [3.63, 3.8) is 0 Å². The van der Waals surface area contributed by atoms with Crippen LogP contribution in [0.1, 0.15) is 64.1 Å². The van der Waals surface area contributed by atoms with Crippen LogP contribution in [0.15, 0.2) is 24.3 Å². The maximum absolute atomic E-state index is 13.4. The number of hydrogen-bond donors (Lipinski definition) is 1. The number of sulfone groups is 1. The van der Waals surface area contributed by atoms with E-state index in [1.54, 1.807) is 4.68 Å². The molecule has 0 bridgehead atoms. The third kappa shape index (κ3) is 3.84. The van der Waals surface area contributed by atoms with E-state index in [1.807, 2.05) is 39.0 Å². The van der Waals surface area contributed by atoms with Crippen molar-refractivity contribution in [3.05, 3.63) is 52.3 Å². The van der Waals surface area contributed by atoms with Gasteiger partial charge in [-0.05, 0) is 69.4 Å². The zero-order chi connectivity index (χ0) is 21.9. The highest BCUT2D eigenvalue weighted by Crippen LogP contribution is 2.41. The summed E-state index contributed by atoms with van der Waals surface area (Å²) in [6.45, 7) is 5.86. The molecule has 31 heavy (non-hydrogen) atoms. The van der Waals surface area contributed by atoms with Crippen molar-refractivity contribution in [1.82, 2.24) is 14.8 Å². The molecular formula is C23H26N4O3S. The van der Waals surface area contributed by atoms with Gasteiger partial charge in [0, 0.05) is 17.3 Å². The Morgan fingerprint density at radius 3 is 2.39 bits per heavy atom. The Kier molecular flexibility index (Phi) is 4.66. The van der Waals surface area contributed by atoms with Crippen LogP contribution in [0.2, 0.25) is 0 Å². The Labute approximate surface area is 181 Å². The monoisotopic (exact) mass is 438 g/mol. The maximum Gasteiger partial charge on any atom is 0.256 e. The van der Waals surface area contributed by atoms with Crippen molar-refractivity contribution >= 4 is 32.5 Å². The van der Waals surface area contributed by atoms with Gasteiger partial charge in [0.1, 0.15) is 0 Å². The van der Waals surface area contributed by atoms with E-state index in [-0.39, 0.29) is 23.5 Å². The van der Waals surface area contributed by atoms with E-state index in [0.717, 1.165) is 35.3 Å². The molecule has 1 aromatic carbocycles. The molecule has 2 fully saturated rings. The van der Waals surface area contributed by atoms with E-state index < -0.39 is 9.84 Å². The number of nitrogens with zero attached hydrogens (tertiary/aromatic N) is 3. The fourth-order valence-corrected chi connectivity index (χ4v) is 6.26. The molecule has 1 saturated carbocycles. The molecule has 8 heteroatoms. The number of hydrogen-bond acceptors (Lipinski definition) is 5. The van der Waals surface area contributed by atoms with Gasteiger partial charge in [0.15, 0.2) is 15.5 Å². The average molecular weight is 439 g/mol. The standard InChI is InChI=1S/C23H26N4O3S/c1-13-8-14(2)10-17(9-13)24-23(28)19-11-20(16-4-5-16)25-22-21(19)15(3)26-27(22)18-6-7-31(29,30)12-18/h8-11,16,18H,4-7,12H2,1-3H3,(H,24,28)/t18-/m1/s1. The molecule has 2 aromatic heterocycles. The molecule has 7 nitrogen and oxygen atoms in total. The molecule has 3 aromatic rings. The lowest BCUT2D eigenvalue weighted by Gasteiger charge is -2.12. The van der Waals surface area contributed by atoms with Crippen molar-refractivity contribution in [2.24, 2.45) is 0 Å². The van der Waals surface area contributed by atoms with Crippen LogP contribution in [0.5, 0.6) is 0 Å². The number of fused-ring (bicyclic) bond motifs is 1. The number of aromatic nitrogens is 3. The van der Waals surface area contributed by atoms with Crippen molar-refractivity contribution in [2.75, 3.05) is 16.8 Å².